The fourth-order valence-corrected chi connectivity index (χ4v) is 7.64. The van der Waals surface area contributed by atoms with Crippen LogP contribution in [-0.2, 0) is 9.47 Å². The van der Waals surface area contributed by atoms with Crippen LogP contribution in [0.15, 0.2) is 0 Å². The predicted molar refractivity (Wildman–Crippen MR) is 93.1 cm³/mol. The standard InChI is InChI=1S/C21H36O2/c1-19-10-5-6-17(19)16-8-7-15-14-21(22-3,23-4)13-12-20(15,2)18(16)9-11-19/h15-18H,5-14H2,1-4H3/t15-,16+,17-,18+,19+,20-/m0/s1. The highest BCUT2D eigenvalue weighted by Gasteiger charge is 2.59. The van der Waals surface area contributed by atoms with Crippen LogP contribution in [0.1, 0.15) is 78.1 Å². The second kappa shape index (κ2) is 5.46. The number of fused-ring (bicyclic) bond motifs is 5. The first kappa shape index (κ1) is 16.4. The third-order valence-electron chi connectivity index (χ3n) is 9.19. The SMILES string of the molecule is COC1(OC)CC[C@@]2(C)[C@@H](CC[C@H]3[C@H]2CC[C@@]2(C)CCC[C@@H]32)C1. The summed E-state index contributed by atoms with van der Waals surface area (Å²) in [7, 11) is 3.67. The van der Waals surface area contributed by atoms with Crippen molar-refractivity contribution in [1.82, 2.24) is 0 Å². The lowest BCUT2D eigenvalue weighted by molar-refractivity contribution is -0.261. The van der Waals surface area contributed by atoms with E-state index in [9.17, 15) is 0 Å². The molecule has 0 aromatic heterocycles. The molecule has 4 aliphatic carbocycles. The fraction of sp³-hybridized carbons (Fsp3) is 1.00. The van der Waals surface area contributed by atoms with Gasteiger partial charge >= 0.3 is 0 Å². The number of hydrogen-bond donors (Lipinski definition) is 0. The Morgan fingerprint density at radius 2 is 1.57 bits per heavy atom. The Morgan fingerprint density at radius 3 is 2.30 bits per heavy atom. The maximum atomic E-state index is 5.82. The maximum Gasteiger partial charge on any atom is 0.167 e. The van der Waals surface area contributed by atoms with Crippen LogP contribution in [-0.4, -0.2) is 20.0 Å². The van der Waals surface area contributed by atoms with Crippen LogP contribution in [0.4, 0.5) is 0 Å². The van der Waals surface area contributed by atoms with Crippen LogP contribution >= 0.6 is 0 Å². The van der Waals surface area contributed by atoms with E-state index >= 15 is 0 Å². The molecule has 0 unspecified atom stereocenters. The second-order valence-electron chi connectivity index (χ2n) is 9.76. The molecule has 2 heteroatoms. The van der Waals surface area contributed by atoms with Crippen LogP contribution in [0.3, 0.4) is 0 Å². The topological polar surface area (TPSA) is 18.5 Å². The molecule has 4 saturated carbocycles. The first-order chi connectivity index (χ1) is 11.0. The van der Waals surface area contributed by atoms with E-state index in [-0.39, 0.29) is 5.79 Å². The Morgan fingerprint density at radius 1 is 0.783 bits per heavy atom. The summed E-state index contributed by atoms with van der Waals surface area (Å²) < 4.78 is 11.6. The van der Waals surface area contributed by atoms with Gasteiger partial charge in [-0.05, 0) is 79.4 Å². The fourth-order valence-electron chi connectivity index (χ4n) is 7.64. The highest BCUT2D eigenvalue weighted by molar-refractivity contribution is 5.08. The predicted octanol–water partition coefficient (Wildman–Crippen LogP) is 5.41. The van der Waals surface area contributed by atoms with E-state index in [2.05, 4.69) is 13.8 Å². The molecule has 2 nitrogen and oxygen atoms in total. The summed E-state index contributed by atoms with van der Waals surface area (Å²) in [6.07, 6.45) is 13.8. The van der Waals surface area contributed by atoms with E-state index in [4.69, 9.17) is 9.47 Å². The average molecular weight is 321 g/mol. The molecule has 0 aromatic carbocycles. The van der Waals surface area contributed by atoms with Gasteiger partial charge in [0, 0.05) is 27.1 Å². The summed E-state index contributed by atoms with van der Waals surface area (Å²) in [5.41, 5.74) is 1.22. The summed E-state index contributed by atoms with van der Waals surface area (Å²) in [4.78, 5) is 0. The smallest absolute Gasteiger partial charge is 0.167 e. The number of methoxy groups -OCH3 is 2. The van der Waals surface area contributed by atoms with Gasteiger partial charge in [-0.3, -0.25) is 0 Å². The zero-order chi connectivity index (χ0) is 16.3. The molecule has 6 atom stereocenters. The van der Waals surface area contributed by atoms with Gasteiger partial charge in [-0.1, -0.05) is 20.3 Å². The molecule has 0 aliphatic heterocycles. The van der Waals surface area contributed by atoms with Crippen molar-refractivity contribution in [3.05, 3.63) is 0 Å². The Bertz CT molecular complexity index is 457. The van der Waals surface area contributed by atoms with E-state index < -0.39 is 0 Å². The largest absolute Gasteiger partial charge is 0.353 e. The van der Waals surface area contributed by atoms with Crippen molar-refractivity contribution in [2.75, 3.05) is 14.2 Å². The second-order valence-corrected chi connectivity index (χ2v) is 9.76. The van der Waals surface area contributed by atoms with Crippen molar-refractivity contribution in [3.8, 4) is 0 Å². The first-order valence-corrected chi connectivity index (χ1v) is 10.1. The van der Waals surface area contributed by atoms with E-state index in [1.54, 1.807) is 0 Å². The van der Waals surface area contributed by atoms with Crippen molar-refractivity contribution in [1.29, 1.82) is 0 Å². The lowest BCUT2D eigenvalue weighted by Crippen LogP contribution is -2.56. The molecule has 0 N–H and O–H groups in total. The summed E-state index contributed by atoms with van der Waals surface area (Å²) in [6, 6.07) is 0. The molecule has 0 radical (unpaired) electrons. The zero-order valence-electron chi connectivity index (χ0n) is 15.7. The lowest BCUT2D eigenvalue weighted by Gasteiger charge is -2.61. The van der Waals surface area contributed by atoms with Gasteiger partial charge < -0.3 is 9.47 Å². The van der Waals surface area contributed by atoms with Crippen molar-refractivity contribution in [2.24, 2.45) is 34.5 Å². The van der Waals surface area contributed by atoms with E-state index in [1.807, 2.05) is 14.2 Å². The average Bonchev–Trinajstić information content (AvgIpc) is 2.96. The van der Waals surface area contributed by atoms with Gasteiger partial charge in [0.2, 0.25) is 0 Å². The summed E-state index contributed by atoms with van der Waals surface area (Å²) in [6.45, 7) is 5.23. The van der Waals surface area contributed by atoms with E-state index in [0.717, 1.165) is 36.5 Å². The molecular formula is C21H36O2. The van der Waals surface area contributed by atoms with Crippen molar-refractivity contribution in [2.45, 2.75) is 83.8 Å². The Balaban J connectivity index is 1.59. The third kappa shape index (κ3) is 2.27. The summed E-state index contributed by atoms with van der Waals surface area (Å²) in [5, 5.41) is 0. The van der Waals surface area contributed by atoms with Crippen LogP contribution in [0, 0.1) is 34.5 Å². The molecule has 0 saturated heterocycles. The Hall–Kier alpha value is -0.0800. The quantitative estimate of drug-likeness (QED) is 0.633. The monoisotopic (exact) mass is 320 g/mol. The minimum atomic E-state index is -0.298. The molecule has 0 bridgehead atoms. The molecule has 132 valence electrons. The number of hydrogen-bond acceptors (Lipinski definition) is 2. The highest BCUT2D eigenvalue weighted by atomic mass is 16.7. The van der Waals surface area contributed by atoms with Gasteiger partial charge in [-0.25, -0.2) is 0 Å². The van der Waals surface area contributed by atoms with Gasteiger partial charge in [-0.15, -0.1) is 0 Å². The van der Waals surface area contributed by atoms with Gasteiger partial charge in [0.1, 0.15) is 0 Å². The summed E-state index contributed by atoms with van der Waals surface area (Å²) >= 11 is 0. The van der Waals surface area contributed by atoms with E-state index in [0.29, 0.717) is 10.8 Å². The zero-order valence-corrected chi connectivity index (χ0v) is 15.7. The molecule has 4 fully saturated rings. The minimum Gasteiger partial charge on any atom is -0.353 e. The minimum absolute atomic E-state index is 0.298. The van der Waals surface area contributed by atoms with Gasteiger partial charge in [0.25, 0.3) is 0 Å². The maximum absolute atomic E-state index is 5.82. The van der Waals surface area contributed by atoms with Crippen molar-refractivity contribution >= 4 is 0 Å². The molecule has 23 heavy (non-hydrogen) atoms. The third-order valence-corrected chi connectivity index (χ3v) is 9.19. The molecule has 0 amide bonds. The van der Waals surface area contributed by atoms with Crippen LogP contribution in [0.5, 0.6) is 0 Å². The Labute approximate surface area is 142 Å². The van der Waals surface area contributed by atoms with E-state index in [1.165, 1.54) is 51.4 Å². The van der Waals surface area contributed by atoms with Gasteiger partial charge in [0.05, 0.1) is 0 Å². The number of ether oxygens (including phenoxy) is 2. The molecule has 0 heterocycles. The van der Waals surface area contributed by atoms with Crippen LogP contribution in [0.25, 0.3) is 0 Å². The first-order valence-electron chi connectivity index (χ1n) is 10.1. The normalized spacial score (nSPS) is 51.7. The highest BCUT2D eigenvalue weighted by Crippen LogP contribution is 2.67. The molecule has 0 spiro atoms. The molecule has 4 rings (SSSR count). The van der Waals surface area contributed by atoms with Crippen LogP contribution < -0.4 is 0 Å². The molecular weight excluding hydrogens is 284 g/mol. The number of rotatable bonds is 2. The van der Waals surface area contributed by atoms with Gasteiger partial charge in [0.15, 0.2) is 5.79 Å². The lowest BCUT2D eigenvalue weighted by atomic mass is 9.45. The van der Waals surface area contributed by atoms with Crippen molar-refractivity contribution in [3.63, 3.8) is 0 Å². The molecule has 0 aromatic rings. The molecule has 4 aliphatic rings. The Kier molecular flexibility index (Phi) is 3.89. The van der Waals surface area contributed by atoms with Gasteiger partial charge in [-0.2, -0.15) is 0 Å². The van der Waals surface area contributed by atoms with Crippen LogP contribution in [0.2, 0.25) is 0 Å². The summed E-state index contributed by atoms with van der Waals surface area (Å²) in [5.74, 6) is 3.49. The van der Waals surface area contributed by atoms with Crippen molar-refractivity contribution < 1.29 is 9.47 Å².